The van der Waals surface area contributed by atoms with Gasteiger partial charge < -0.3 is 29.7 Å². The molecule has 8 heteroatoms. The molecule has 0 aromatic heterocycles. The van der Waals surface area contributed by atoms with E-state index in [0.717, 1.165) is 0 Å². The first kappa shape index (κ1) is 29.3. The third-order valence-electron chi connectivity index (χ3n) is 5.13. The maximum Gasteiger partial charge on any atom is 0.407 e. The number of allylic oxidation sites excluding steroid dienone is 4. The summed E-state index contributed by atoms with van der Waals surface area (Å²) in [7, 11) is 0. The number of nitrogens with one attached hydrogen (secondary N) is 1. The Balaban J connectivity index is 2.33. The molecule has 0 aliphatic rings. The predicted molar refractivity (Wildman–Crippen MR) is 142 cm³/mol. The molecule has 0 saturated carbocycles. The normalized spacial score (nSPS) is 12.4. The molecule has 0 fully saturated rings. The number of rotatable bonds is 10. The lowest BCUT2D eigenvalue weighted by molar-refractivity contribution is -0.142. The SMILES string of the molecule is CCOC(=O)Cc1ccccc1O/C(=C/C(=C(\C)O)c1cccc(CNC(=O)OC(C)(C)C)c1O)CC. The van der Waals surface area contributed by atoms with Crippen molar-refractivity contribution in [2.45, 2.75) is 66.5 Å². The fourth-order valence-corrected chi connectivity index (χ4v) is 3.43. The Bertz CT molecular complexity index is 1160. The number of aliphatic hydroxyl groups is 1. The molecule has 2 rings (SSSR count). The van der Waals surface area contributed by atoms with Crippen molar-refractivity contribution in [1.29, 1.82) is 0 Å². The van der Waals surface area contributed by atoms with Crippen LogP contribution in [0.2, 0.25) is 0 Å². The zero-order chi connectivity index (χ0) is 27.6. The number of benzene rings is 2. The predicted octanol–water partition coefficient (Wildman–Crippen LogP) is 6.18. The number of para-hydroxylation sites is 2. The van der Waals surface area contributed by atoms with Gasteiger partial charge >= 0.3 is 12.1 Å². The number of aromatic hydroxyl groups is 1. The summed E-state index contributed by atoms with van der Waals surface area (Å²) in [5.41, 5.74) is 1.21. The minimum Gasteiger partial charge on any atom is -0.512 e. The molecule has 0 atom stereocenters. The third kappa shape index (κ3) is 9.22. The maximum absolute atomic E-state index is 12.0. The highest BCUT2D eigenvalue weighted by atomic mass is 16.6. The van der Waals surface area contributed by atoms with Gasteiger partial charge in [0.15, 0.2) is 0 Å². The first-order chi connectivity index (χ1) is 17.4. The number of phenols is 1. The van der Waals surface area contributed by atoms with Gasteiger partial charge in [-0.25, -0.2) is 4.79 Å². The number of aliphatic hydroxyl groups excluding tert-OH is 1. The van der Waals surface area contributed by atoms with Crippen LogP contribution in [-0.4, -0.2) is 34.5 Å². The number of esters is 1. The van der Waals surface area contributed by atoms with Crippen molar-refractivity contribution >= 4 is 17.6 Å². The van der Waals surface area contributed by atoms with Gasteiger partial charge in [-0.2, -0.15) is 0 Å². The van der Waals surface area contributed by atoms with Crippen LogP contribution in [0, 0.1) is 0 Å². The van der Waals surface area contributed by atoms with Gasteiger partial charge in [0.05, 0.1) is 18.8 Å². The van der Waals surface area contributed by atoms with Crippen molar-refractivity contribution in [2.24, 2.45) is 0 Å². The molecule has 0 saturated heterocycles. The molecule has 0 spiro atoms. The molecule has 8 nitrogen and oxygen atoms in total. The van der Waals surface area contributed by atoms with Crippen LogP contribution < -0.4 is 10.1 Å². The minimum atomic E-state index is -0.645. The zero-order valence-corrected chi connectivity index (χ0v) is 22.4. The van der Waals surface area contributed by atoms with Crippen molar-refractivity contribution in [3.63, 3.8) is 0 Å². The molecule has 0 unspecified atom stereocenters. The van der Waals surface area contributed by atoms with Crippen molar-refractivity contribution < 1.29 is 34.0 Å². The average Bonchev–Trinajstić information content (AvgIpc) is 2.81. The fourth-order valence-electron chi connectivity index (χ4n) is 3.43. The van der Waals surface area contributed by atoms with Crippen LogP contribution in [0.15, 0.2) is 60.1 Å². The summed E-state index contributed by atoms with van der Waals surface area (Å²) in [4.78, 5) is 24.1. The van der Waals surface area contributed by atoms with E-state index in [1.165, 1.54) is 6.92 Å². The van der Waals surface area contributed by atoms with E-state index in [9.17, 15) is 19.8 Å². The summed E-state index contributed by atoms with van der Waals surface area (Å²) >= 11 is 0. The molecule has 0 radical (unpaired) electrons. The molecule has 200 valence electrons. The largest absolute Gasteiger partial charge is 0.512 e. The lowest BCUT2D eigenvalue weighted by Crippen LogP contribution is -2.32. The van der Waals surface area contributed by atoms with Crippen LogP contribution in [0.5, 0.6) is 11.5 Å². The van der Waals surface area contributed by atoms with E-state index in [-0.39, 0.29) is 30.4 Å². The summed E-state index contributed by atoms with van der Waals surface area (Å²) in [5.74, 6) is 0.543. The number of amides is 1. The highest BCUT2D eigenvalue weighted by Gasteiger charge is 2.18. The maximum atomic E-state index is 12.0. The van der Waals surface area contributed by atoms with Crippen LogP contribution in [0.25, 0.3) is 5.57 Å². The van der Waals surface area contributed by atoms with Crippen LogP contribution in [0.3, 0.4) is 0 Å². The number of alkyl carbamates (subject to hydrolysis) is 1. The lowest BCUT2D eigenvalue weighted by Gasteiger charge is -2.20. The summed E-state index contributed by atoms with van der Waals surface area (Å²) in [6.45, 7) is 10.8. The third-order valence-corrected chi connectivity index (χ3v) is 5.13. The van der Waals surface area contributed by atoms with Gasteiger partial charge in [0, 0.05) is 35.2 Å². The monoisotopic (exact) mass is 511 g/mol. The van der Waals surface area contributed by atoms with Gasteiger partial charge in [-0.15, -0.1) is 0 Å². The summed E-state index contributed by atoms with van der Waals surface area (Å²) in [6, 6.07) is 12.2. The molecule has 2 aromatic carbocycles. The molecular weight excluding hydrogens is 474 g/mol. The quantitative estimate of drug-likeness (QED) is 0.198. The van der Waals surface area contributed by atoms with Crippen LogP contribution in [-0.2, 0) is 27.2 Å². The molecule has 0 bridgehead atoms. The van der Waals surface area contributed by atoms with Crippen molar-refractivity contribution in [3.05, 3.63) is 76.7 Å². The molecule has 0 aliphatic heterocycles. The Kier molecular flexibility index (Phi) is 10.6. The first-order valence-corrected chi connectivity index (χ1v) is 12.2. The standard InChI is InChI=1S/C29H37NO7/c1-7-22(36-25-15-10-9-12-20(25)16-26(32)35-8-2)17-24(19(3)31)23-14-11-13-21(27(23)33)18-30-28(34)37-29(4,5)6/h9-15,17,31,33H,7-8,16,18H2,1-6H3,(H,30,34)/b22-17+,24-19-. The van der Waals surface area contributed by atoms with Gasteiger partial charge in [-0.3, -0.25) is 4.79 Å². The Morgan fingerprint density at radius 3 is 2.32 bits per heavy atom. The van der Waals surface area contributed by atoms with E-state index in [0.29, 0.717) is 46.8 Å². The topological polar surface area (TPSA) is 114 Å². The number of hydrogen-bond acceptors (Lipinski definition) is 7. The van der Waals surface area contributed by atoms with E-state index in [2.05, 4.69) is 5.32 Å². The van der Waals surface area contributed by atoms with Crippen molar-refractivity contribution in [3.8, 4) is 11.5 Å². The Labute approximate surface area is 218 Å². The second-order valence-corrected chi connectivity index (χ2v) is 9.32. The van der Waals surface area contributed by atoms with Crippen LogP contribution in [0.1, 0.15) is 64.7 Å². The summed E-state index contributed by atoms with van der Waals surface area (Å²) < 4.78 is 16.4. The van der Waals surface area contributed by atoms with Gasteiger partial charge in [0.1, 0.15) is 22.9 Å². The Morgan fingerprint density at radius 1 is 1.03 bits per heavy atom. The van der Waals surface area contributed by atoms with E-state index in [1.54, 1.807) is 70.2 Å². The van der Waals surface area contributed by atoms with E-state index in [1.807, 2.05) is 13.0 Å². The molecule has 37 heavy (non-hydrogen) atoms. The summed E-state index contributed by atoms with van der Waals surface area (Å²) in [6.07, 6.45) is 1.59. The van der Waals surface area contributed by atoms with E-state index in [4.69, 9.17) is 14.2 Å². The van der Waals surface area contributed by atoms with E-state index >= 15 is 0 Å². The number of carbonyl (C=O) groups is 2. The number of hydrogen-bond donors (Lipinski definition) is 3. The molecule has 1 amide bonds. The number of carbonyl (C=O) groups excluding carboxylic acids is 2. The van der Waals surface area contributed by atoms with Crippen molar-refractivity contribution in [1.82, 2.24) is 5.32 Å². The van der Waals surface area contributed by atoms with Gasteiger partial charge in [-0.1, -0.05) is 43.3 Å². The molecule has 3 N–H and O–H groups in total. The van der Waals surface area contributed by atoms with Crippen LogP contribution in [0.4, 0.5) is 4.79 Å². The lowest BCUT2D eigenvalue weighted by atomic mass is 9.99. The van der Waals surface area contributed by atoms with Crippen LogP contribution >= 0.6 is 0 Å². The van der Waals surface area contributed by atoms with Gasteiger partial charge in [0.25, 0.3) is 0 Å². The highest BCUT2D eigenvalue weighted by Crippen LogP contribution is 2.33. The highest BCUT2D eigenvalue weighted by molar-refractivity contribution is 5.80. The molecule has 0 aliphatic carbocycles. The fraction of sp³-hybridized carbons (Fsp3) is 0.379. The number of phenolic OH excluding ortho intramolecular Hbond substituents is 1. The van der Waals surface area contributed by atoms with Gasteiger partial charge in [0.2, 0.25) is 0 Å². The second kappa shape index (κ2) is 13.4. The van der Waals surface area contributed by atoms with Gasteiger partial charge in [-0.05, 0) is 46.8 Å². The van der Waals surface area contributed by atoms with E-state index < -0.39 is 11.7 Å². The smallest absolute Gasteiger partial charge is 0.407 e. The molecule has 2 aromatic rings. The Hall–Kier alpha value is -3.94. The van der Waals surface area contributed by atoms with Crippen molar-refractivity contribution in [2.75, 3.05) is 6.61 Å². The molecule has 0 heterocycles. The summed E-state index contributed by atoms with van der Waals surface area (Å²) in [5, 5.41) is 24.1. The number of ether oxygens (including phenoxy) is 3. The second-order valence-electron chi connectivity index (χ2n) is 9.32. The zero-order valence-electron chi connectivity index (χ0n) is 22.4. The Morgan fingerprint density at radius 2 is 1.70 bits per heavy atom. The molecular formula is C29H37NO7. The minimum absolute atomic E-state index is 0.0260. The average molecular weight is 512 g/mol. The first-order valence-electron chi connectivity index (χ1n) is 12.2.